The predicted molar refractivity (Wildman–Crippen MR) is 83.1 cm³/mol. The second kappa shape index (κ2) is 6.91. The van der Waals surface area contributed by atoms with Gasteiger partial charge in [0, 0.05) is 12.5 Å². The van der Waals surface area contributed by atoms with Gasteiger partial charge >= 0.3 is 0 Å². The van der Waals surface area contributed by atoms with Crippen LogP contribution in [0, 0.1) is 6.92 Å². The average molecular weight is 275 g/mol. The minimum absolute atomic E-state index is 0.254. The Kier molecular flexibility index (Phi) is 5.21. The first-order valence-electron chi connectivity index (χ1n) is 7.41. The molecule has 2 aromatic rings. The SMILES string of the molecule is CCNC(CCC(C)OC)c1cc2cccc(C)c2o1. The van der Waals surface area contributed by atoms with Crippen LogP contribution in [-0.4, -0.2) is 19.8 Å². The number of methoxy groups -OCH3 is 1. The highest BCUT2D eigenvalue weighted by Gasteiger charge is 2.17. The lowest BCUT2D eigenvalue weighted by Crippen LogP contribution is -2.22. The molecule has 1 aromatic carbocycles. The monoisotopic (exact) mass is 275 g/mol. The van der Waals surface area contributed by atoms with Gasteiger partial charge in [0.1, 0.15) is 11.3 Å². The van der Waals surface area contributed by atoms with Crippen molar-refractivity contribution in [1.29, 1.82) is 0 Å². The number of ether oxygens (including phenoxy) is 1. The molecule has 0 aliphatic heterocycles. The van der Waals surface area contributed by atoms with Crippen LogP contribution in [0.25, 0.3) is 11.0 Å². The molecule has 1 heterocycles. The van der Waals surface area contributed by atoms with Crippen LogP contribution in [-0.2, 0) is 4.74 Å². The molecule has 20 heavy (non-hydrogen) atoms. The molecule has 0 saturated carbocycles. The third-order valence-electron chi connectivity index (χ3n) is 3.82. The highest BCUT2D eigenvalue weighted by atomic mass is 16.5. The summed E-state index contributed by atoms with van der Waals surface area (Å²) < 4.78 is 11.4. The summed E-state index contributed by atoms with van der Waals surface area (Å²) in [5, 5.41) is 4.69. The minimum Gasteiger partial charge on any atom is -0.459 e. The van der Waals surface area contributed by atoms with E-state index in [4.69, 9.17) is 9.15 Å². The van der Waals surface area contributed by atoms with E-state index < -0.39 is 0 Å². The van der Waals surface area contributed by atoms with Crippen LogP contribution in [0.5, 0.6) is 0 Å². The maximum atomic E-state index is 6.08. The van der Waals surface area contributed by atoms with E-state index in [9.17, 15) is 0 Å². The van der Waals surface area contributed by atoms with E-state index in [0.717, 1.165) is 30.7 Å². The number of benzene rings is 1. The van der Waals surface area contributed by atoms with Crippen molar-refractivity contribution in [2.45, 2.75) is 45.8 Å². The number of aryl methyl sites for hydroxylation is 1. The summed E-state index contributed by atoms with van der Waals surface area (Å²) in [6.07, 6.45) is 2.31. The zero-order valence-corrected chi connectivity index (χ0v) is 12.9. The van der Waals surface area contributed by atoms with E-state index in [1.165, 1.54) is 10.9 Å². The Balaban J connectivity index is 2.20. The average Bonchev–Trinajstić information content (AvgIpc) is 2.88. The van der Waals surface area contributed by atoms with Crippen molar-refractivity contribution in [3.8, 4) is 0 Å². The molecule has 2 unspecified atom stereocenters. The van der Waals surface area contributed by atoms with Crippen LogP contribution < -0.4 is 5.32 Å². The standard InChI is InChI=1S/C17H25NO2/c1-5-18-15(10-9-13(3)19-4)16-11-14-8-6-7-12(2)17(14)20-16/h6-8,11,13,15,18H,5,9-10H2,1-4H3. The normalized spacial score (nSPS) is 14.6. The van der Waals surface area contributed by atoms with Crippen LogP contribution in [0.15, 0.2) is 28.7 Å². The highest BCUT2D eigenvalue weighted by Crippen LogP contribution is 2.28. The summed E-state index contributed by atoms with van der Waals surface area (Å²) in [6.45, 7) is 7.25. The van der Waals surface area contributed by atoms with Gasteiger partial charge in [-0.25, -0.2) is 0 Å². The van der Waals surface area contributed by atoms with Crippen molar-refractivity contribution in [2.75, 3.05) is 13.7 Å². The zero-order chi connectivity index (χ0) is 14.5. The van der Waals surface area contributed by atoms with Gasteiger partial charge in [0.2, 0.25) is 0 Å². The molecule has 0 aliphatic rings. The summed E-state index contributed by atoms with van der Waals surface area (Å²) in [7, 11) is 1.76. The molecule has 0 bridgehead atoms. The van der Waals surface area contributed by atoms with Crippen molar-refractivity contribution in [2.24, 2.45) is 0 Å². The molecule has 1 N–H and O–H groups in total. The van der Waals surface area contributed by atoms with Crippen LogP contribution in [0.1, 0.15) is 44.1 Å². The van der Waals surface area contributed by atoms with E-state index in [0.29, 0.717) is 0 Å². The number of hydrogen-bond donors (Lipinski definition) is 1. The first-order valence-corrected chi connectivity index (χ1v) is 7.41. The first kappa shape index (κ1) is 15.1. The van der Waals surface area contributed by atoms with Crippen LogP contribution in [0.2, 0.25) is 0 Å². The number of nitrogens with one attached hydrogen (secondary N) is 1. The molecular formula is C17H25NO2. The third-order valence-corrected chi connectivity index (χ3v) is 3.82. The molecule has 0 fully saturated rings. The molecular weight excluding hydrogens is 250 g/mol. The molecule has 0 saturated heterocycles. The molecule has 0 aliphatic carbocycles. The van der Waals surface area contributed by atoms with Crippen molar-refractivity contribution < 1.29 is 9.15 Å². The fraction of sp³-hybridized carbons (Fsp3) is 0.529. The summed E-state index contributed by atoms with van der Waals surface area (Å²) in [5.74, 6) is 1.03. The smallest absolute Gasteiger partial charge is 0.137 e. The number of fused-ring (bicyclic) bond motifs is 1. The van der Waals surface area contributed by atoms with E-state index in [1.807, 2.05) is 0 Å². The van der Waals surface area contributed by atoms with Gasteiger partial charge in [-0.1, -0.05) is 25.1 Å². The van der Waals surface area contributed by atoms with Crippen molar-refractivity contribution in [1.82, 2.24) is 5.32 Å². The lowest BCUT2D eigenvalue weighted by Gasteiger charge is -2.17. The lowest BCUT2D eigenvalue weighted by atomic mass is 10.1. The molecule has 110 valence electrons. The van der Waals surface area contributed by atoms with Crippen LogP contribution in [0.3, 0.4) is 0 Å². The van der Waals surface area contributed by atoms with Crippen LogP contribution in [0.4, 0.5) is 0 Å². The maximum Gasteiger partial charge on any atom is 0.137 e. The number of furan rings is 1. The van der Waals surface area contributed by atoms with Gasteiger partial charge in [0.15, 0.2) is 0 Å². The molecule has 2 atom stereocenters. The predicted octanol–water partition coefficient (Wildman–Crippen LogP) is 4.21. The van der Waals surface area contributed by atoms with E-state index >= 15 is 0 Å². The Morgan fingerprint density at radius 2 is 2.10 bits per heavy atom. The van der Waals surface area contributed by atoms with Crippen molar-refractivity contribution >= 4 is 11.0 Å². The zero-order valence-electron chi connectivity index (χ0n) is 12.9. The maximum absolute atomic E-state index is 6.08. The molecule has 0 radical (unpaired) electrons. The highest BCUT2D eigenvalue weighted by molar-refractivity contribution is 5.80. The van der Waals surface area contributed by atoms with Crippen molar-refractivity contribution in [3.63, 3.8) is 0 Å². The van der Waals surface area contributed by atoms with E-state index in [2.05, 4.69) is 50.4 Å². The van der Waals surface area contributed by atoms with E-state index in [-0.39, 0.29) is 12.1 Å². The number of hydrogen-bond acceptors (Lipinski definition) is 3. The summed E-state index contributed by atoms with van der Waals surface area (Å²) in [6, 6.07) is 8.68. The first-order chi connectivity index (χ1) is 9.65. The Morgan fingerprint density at radius 3 is 2.75 bits per heavy atom. The molecule has 2 rings (SSSR count). The lowest BCUT2D eigenvalue weighted by molar-refractivity contribution is 0.105. The van der Waals surface area contributed by atoms with Gasteiger partial charge < -0.3 is 14.5 Å². The third kappa shape index (κ3) is 3.41. The molecule has 0 spiro atoms. The second-order valence-corrected chi connectivity index (χ2v) is 5.38. The Bertz CT molecular complexity index is 547. The van der Waals surface area contributed by atoms with Crippen molar-refractivity contribution in [3.05, 3.63) is 35.6 Å². The van der Waals surface area contributed by atoms with Gasteiger partial charge in [0.05, 0.1) is 12.1 Å². The Labute approximate surface area is 121 Å². The minimum atomic E-state index is 0.254. The topological polar surface area (TPSA) is 34.4 Å². The summed E-state index contributed by atoms with van der Waals surface area (Å²) in [5.41, 5.74) is 2.19. The van der Waals surface area contributed by atoms with Crippen LogP contribution >= 0.6 is 0 Å². The molecule has 3 heteroatoms. The van der Waals surface area contributed by atoms with Gasteiger partial charge in [-0.15, -0.1) is 0 Å². The number of para-hydroxylation sites is 1. The Hall–Kier alpha value is -1.32. The fourth-order valence-corrected chi connectivity index (χ4v) is 2.51. The second-order valence-electron chi connectivity index (χ2n) is 5.38. The summed E-state index contributed by atoms with van der Waals surface area (Å²) in [4.78, 5) is 0. The summed E-state index contributed by atoms with van der Waals surface area (Å²) >= 11 is 0. The number of rotatable bonds is 7. The largest absolute Gasteiger partial charge is 0.459 e. The quantitative estimate of drug-likeness (QED) is 0.822. The molecule has 3 nitrogen and oxygen atoms in total. The Morgan fingerprint density at radius 1 is 1.30 bits per heavy atom. The fourth-order valence-electron chi connectivity index (χ4n) is 2.51. The molecule has 1 aromatic heterocycles. The van der Waals surface area contributed by atoms with Gasteiger partial charge in [-0.05, 0) is 44.9 Å². The van der Waals surface area contributed by atoms with Gasteiger partial charge in [-0.3, -0.25) is 0 Å². The van der Waals surface area contributed by atoms with E-state index in [1.54, 1.807) is 7.11 Å². The van der Waals surface area contributed by atoms with Gasteiger partial charge in [-0.2, -0.15) is 0 Å². The van der Waals surface area contributed by atoms with Gasteiger partial charge in [0.25, 0.3) is 0 Å². The molecule has 0 amide bonds.